The highest BCUT2D eigenvalue weighted by atomic mass is 19.1. The summed E-state index contributed by atoms with van der Waals surface area (Å²) in [7, 11) is 3.57. The zero-order valence-electron chi connectivity index (χ0n) is 20.0. The highest BCUT2D eigenvalue weighted by Crippen LogP contribution is 2.32. The topological polar surface area (TPSA) is 135 Å². The van der Waals surface area contributed by atoms with Gasteiger partial charge in [0, 0.05) is 37.0 Å². The number of hydrogen-bond acceptors (Lipinski definition) is 10. The number of furan rings is 1. The van der Waals surface area contributed by atoms with Gasteiger partial charge >= 0.3 is 0 Å². The van der Waals surface area contributed by atoms with Crippen molar-refractivity contribution in [2.45, 2.75) is 13.8 Å². The van der Waals surface area contributed by atoms with E-state index >= 15 is 0 Å². The number of hydrazone groups is 1. The molecule has 2 heterocycles. The number of nitrogens with one attached hydrogen (secondary N) is 2. The van der Waals surface area contributed by atoms with Crippen LogP contribution in [0.25, 0.3) is 11.3 Å². The first-order valence-corrected chi connectivity index (χ1v) is 10.8. The van der Waals surface area contributed by atoms with Crippen molar-refractivity contribution in [2.24, 2.45) is 5.10 Å². The maximum atomic E-state index is 13.2. The Bertz CT molecular complexity index is 1430. The number of nitro benzene ring substituents is 1. The van der Waals surface area contributed by atoms with Crippen LogP contribution >= 0.6 is 0 Å². The predicted molar refractivity (Wildman–Crippen MR) is 135 cm³/mol. The van der Waals surface area contributed by atoms with Crippen molar-refractivity contribution in [3.05, 3.63) is 81.3 Å². The van der Waals surface area contributed by atoms with E-state index < -0.39 is 4.92 Å². The monoisotopic (exact) mass is 490 g/mol. The third-order valence-corrected chi connectivity index (χ3v) is 5.09. The molecule has 0 amide bonds. The Labute approximate surface area is 205 Å². The van der Waals surface area contributed by atoms with Gasteiger partial charge in [0.05, 0.1) is 11.1 Å². The van der Waals surface area contributed by atoms with Crippen molar-refractivity contribution in [1.29, 1.82) is 0 Å². The third kappa shape index (κ3) is 5.60. The molecule has 0 aliphatic heterocycles. The molecule has 11 nitrogen and oxygen atoms in total. The van der Waals surface area contributed by atoms with E-state index in [1.807, 2.05) is 6.07 Å². The first kappa shape index (κ1) is 24.3. The average molecular weight is 490 g/mol. The van der Waals surface area contributed by atoms with Gasteiger partial charge in [0.15, 0.2) is 0 Å². The number of hydrogen-bond donors (Lipinski definition) is 2. The second-order valence-electron chi connectivity index (χ2n) is 8.09. The molecule has 0 aliphatic carbocycles. The fourth-order valence-corrected chi connectivity index (χ4v) is 3.34. The summed E-state index contributed by atoms with van der Waals surface area (Å²) in [6.07, 6.45) is 1.44. The summed E-state index contributed by atoms with van der Waals surface area (Å²) in [5, 5.41) is 18.5. The minimum Gasteiger partial charge on any atom is -0.455 e. The zero-order chi connectivity index (χ0) is 25.8. The van der Waals surface area contributed by atoms with Gasteiger partial charge in [-0.05, 0) is 61.9 Å². The molecule has 0 spiro atoms. The van der Waals surface area contributed by atoms with Gasteiger partial charge in [-0.3, -0.25) is 10.1 Å². The van der Waals surface area contributed by atoms with Gasteiger partial charge in [-0.25, -0.2) is 9.82 Å². The molecule has 36 heavy (non-hydrogen) atoms. The smallest absolute Gasteiger partial charge is 0.273 e. The molecule has 2 aromatic heterocycles. The second-order valence-corrected chi connectivity index (χ2v) is 8.09. The van der Waals surface area contributed by atoms with Gasteiger partial charge in [-0.15, -0.1) is 0 Å². The van der Waals surface area contributed by atoms with Gasteiger partial charge in [0.2, 0.25) is 17.8 Å². The molecule has 0 saturated heterocycles. The maximum Gasteiger partial charge on any atom is 0.273 e. The van der Waals surface area contributed by atoms with Gasteiger partial charge in [0.1, 0.15) is 17.3 Å². The SMILES string of the molecule is Cc1cc(-c2ccc(/C=N\Nc3nc(Nc4ccc(F)cc4)nc(N(C)C)n3)o2)c(C)c([N+](=O)[O-])c1. The molecule has 0 aliphatic rings. The van der Waals surface area contributed by atoms with Crippen molar-refractivity contribution < 1.29 is 13.7 Å². The lowest BCUT2D eigenvalue weighted by Gasteiger charge is -2.13. The number of nitro groups is 1. The van der Waals surface area contributed by atoms with Crippen LogP contribution in [-0.2, 0) is 0 Å². The van der Waals surface area contributed by atoms with Gasteiger partial charge in [-0.2, -0.15) is 20.1 Å². The van der Waals surface area contributed by atoms with Crippen LogP contribution in [0.3, 0.4) is 0 Å². The molecule has 2 N–H and O–H groups in total. The molecule has 0 bridgehead atoms. The number of nitrogens with zero attached hydrogens (tertiary/aromatic N) is 6. The molecule has 4 rings (SSSR count). The van der Waals surface area contributed by atoms with Crippen molar-refractivity contribution >= 4 is 35.4 Å². The molecule has 4 aromatic rings. The molecule has 0 radical (unpaired) electrons. The van der Waals surface area contributed by atoms with Crippen LogP contribution in [0.2, 0.25) is 0 Å². The van der Waals surface area contributed by atoms with E-state index in [9.17, 15) is 14.5 Å². The summed E-state index contributed by atoms with van der Waals surface area (Å²) in [5.41, 5.74) is 5.31. The molecule has 2 aromatic carbocycles. The van der Waals surface area contributed by atoms with Gasteiger partial charge in [-0.1, -0.05) is 0 Å². The molecular weight excluding hydrogens is 467 g/mol. The van der Waals surface area contributed by atoms with E-state index in [0.717, 1.165) is 5.56 Å². The lowest BCUT2D eigenvalue weighted by Crippen LogP contribution is -2.15. The number of rotatable bonds is 8. The number of aromatic nitrogens is 3. The minimum absolute atomic E-state index is 0.0369. The molecule has 0 fully saturated rings. The summed E-state index contributed by atoms with van der Waals surface area (Å²) in [6, 6.07) is 12.6. The molecule has 0 atom stereocenters. The molecule has 184 valence electrons. The summed E-state index contributed by atoms with van der Waals surface area (Å²) < 4.78 is 19.0. The first-order valence-electron chi connectivity index (χ1n) is 10.8. The fraction of sp³-hybridized carbons (Fsp3) is 0.167. The molecule has 12 heteroatoms. The number of anilines is 4. The van der Waals surface area contributed by atoms with E-state index in [-0.39, 0.29) is 23.4 Å². The summed E-state index contributed by atoms with van der Waals surface area (Å²) in [5.74, 6) is 1.36. The van der Waals surface area contributed by atoms with Crippen LogP contribution in [0.1, 0.15) is 16.9 Å². The van der Waals surface area contributed by atoms with E-state index in [1.165, 1.54) is 24.4 Å². The van der Waals surface area contributed by atoms with Crippen LogP contribution in [0.15, 0.2) is 58.0 Å². The Balaban J connectivity index is 1.53. The van der Waals surface area contributed by atoms with E-state index in [2.05, 4.69) is 30.8 Å². The normalized spacial score (nSPS) is 11.0. The van der Waals surface area contributed by atoms with Crippen LogP contribution in [0, 0.1) is 29.8 Å². The Hall–Kier alpha value is -4.87. The van der Waals surface area contributed by atoms with Crippen LogP contribution < -0.4 is 15.6 Å². The Morgan fingerprint density at radius 2 is 1.78 bits per heavy atom. The largest absolute Gasteiger partial charge is 0.455 e. The quantitative estimate of drug-likeness (QED) is 0.198. The lowest BCUT2D eigenvalue weighted by molar-refractivity contribution is -0.385. The fourth-order valence-electron chi connectivity index (χ4n) is 3.34. The third-order valence-electron chi connectivity index (χ3n) is 5.09. The van der Waals surface area contributed by atoms with E-state index in [0.29, 0.717) is 34.3 Å². The van der Waals surface area contributed by atoms with Crippen LogP contribution in [-0.4, -0.2) is 40.2 Å². The van der Waals surface area contributed by atoms with Crippen molar-refractivity contribution in [1.82, 2.24) is 15.0 Å². The first-order chi connectivity index (χ1) is 17.2. The van der Waals surface area contributed by atoms with Crippen molar-refractivity contribution in [2.75, 3.05) is 29.7 Å². The number of halogens is 1. The number of aryl methyl sites for hydroxylation is 1. The Kier molecular flexibility index (Phi) is 6.86. The molecule has 0 unspecified atom stereocenters. The Morgan fingerprint density at radius 3 is 2.47 bits per heavy atom. The van der Waals surface area contributed by atoms with Gasteiger partial charge < -0.3 is 14.6 Å². The lowest BCUT2D eigenvalue weighted by atomic mass is 10.0. The maximum absolute atomic E-state index is 13.2. The highest BCUT2D eigenvalue weighted by molar-refractivity contribution is 5.79. The minimum atomic E-state index is -0.406. The summed E-state index contributed by atoms with van der Waals surface area (Å²) in [6.45, 7) is 3.48. The second kappa shape index (κ2) is 10.2. The standard InChI is InChI=1S/C24H23FN8O3/c1-14-11-19(15(2)20(12-14)33(34)35)21-10-9-18(36-21)13-26-31-23-28-22(29-24(30-23)32(3)4)27-17-7-5-16(25)6-8-17/h5-13H,1-4H3,(H2,27,28,29,30,31)/b26-13-. The summed E-state index contributed by atoms with van der Waals surface area (Å²) >= 11 is 0. The van der Waals surface area contributed by atoms with Crippen LogP contribution in [0.5, 0.6) is 0 Å². The van der Waals surface area contributed by atoms with Gasteiger partial charge in [0.25, 0.3) is 5.69 Å². The molecule has 0 saturated carbocycles. The van der Waals surface area contributed by atoms with E-state index in [4.69, 9.17) is 4.42 Å². The highest BCUT2D eigenvalue weighted by Gasteiger charge is 2.18. The van der Waals surface area contributed by atoms with Crippen molar-refractivity contribution in [3.8, 4) is 11.3 Å². The predicted octanol–water partition coefficient (Wildman–Crippen LogP) is 5.05. The Morgan fingerprint density at radius 1 is 1.06 bits per heavy atom. The van der Waals surface area contributed by atoms with Crippen molar-refractivity contribution in [3.63, 3.8) is 0 Å². The van der Waals surface area contributed by atoms with Crippen LogP contribution in [0.4, 0.5) is 33.6 Å². The summed E-state index contributed by atoms with van der Waals surface area (Å²) in [4.78, 5) is 25.6. The number of benzene rings is 2. The molecular formula is C24H23FN8O3. The average Bonchev–Trinajstić information content (AvgIpc) is 3.30. The van der Waals surface area contributed by atoms with E-state index in [1.54, 1.807) is 57.1 Å². The zero-order valence-corrected chi connectivity index (χ0v) is 20.0.